The molecule has 2 aromatic rings. The van der Waals surface area contributed by atoms with E-state index in [9.17, 15) is 18.9 Å². The maximum absolute atomic E-state index is 13.9. The summed E-state index contributed by atoms with van der Waals surface area (Å²) >= 11 is 0. The van der Waals surface area contributed by atoms with E-state index in [1.807, 2.05) is 0 Å². The summed E-state index contributed by atoms with van der Waals surface area (Å²) in [5, 5.41) is 2.61. The van der Waals surface area contributed by atoms with Crippen LogP contribution >= 0.6 is 7.75 Å². The number of para-hydroxylation sites is 1. The van der Waals surface area contributed by atoms with E-state index < -0.39 is 31.9 Å². The van der Waals surface area contributed by atoms with Gasteiger partial charge >= 0.3 is 25.9 Å². The van der Waals surface area contributed by atoms with Gasteiger partial charge < -0.3 is 28.5 Å². The molecule has 1 aromatic heterocycles. The summed E-state index contributed by atoms with van der Waals surface area (Å²) in [4.78, 5) is 43.7. The number of amides is 2. The monoisotopic (exact) mass is 580 g/mol. The minimum absolute atomic E-state index is 0.0620. The number of esters is 1. The zero-order chi connectivity index (χ0) is 30.0. The molecule has 220 valence electrons. The van der Waals surface area contributed by atoms with E-state index in [0.29, 0.717) is 11.3 Å². The molecule has 2 atom stereocenters. The molecular weight excluding hydrogens is 543 g/mol. The summed E-state index contributed by atoms with van der Waals surface area (Å²) in [5.41, 5.74) is 0.924. The van der Waals surface area contributed by atoms with Crippen LogP contribution in [0.3, 0.4) is 0 Å². The standard InChI is InChI=1S/C26H37N4O9P/c1-17(2)37-24(31)19(4)28-40(34,39-21-12-10-9-11-13-21)36-15-20-14-27-18(3)23(38-26(33)30(7)8)22(20)16-35-25(32)29(5)6/h9-14,17,19H,15-16H2,1-8H3,(H,28,34)/t19-,40?/m0/s1. The van der Waals surface area contributed by atoms with Crippen molar-refractivity contribution in [1.82, 2.24) is 19.9 Å². The zero-order valence-electron chi connectivity index (χ0n) is 24.0. The predicted octanol–water partition coefficient (Wildman–Crippen LogP) is 4.28. The number of pyridine rings is 1. The first-order valence-electron chi connectivity index (χ1n) is 12.4. The Morgan fingerprint density at radius 2 is 1.60 bits per heavy atom. The van der Waals surface area contributed by atoms with Crippen LogP contribution in [0.15, 0.2) is 36.5 Å². The number of aryl methyl sites for hydroxylation is 1. The highest BCUT2D eigenvalue weighted by Gasteiger charge is 2.33. The topological polar surface area (TPSA) is 146 Å². The molecule has 0 bridgehead atoms. The van der Waals surface area contributed by atoms with Crippen LogP contribution in [0.4, 0.5) is 9.59 Å². The Hall–Kier alpha value is -3.67. The van der Waals surface area contributed by atoms with Gasteiger partial charge in [-0.3, -0.25) is 14.3 Å². The predicted molar refractivity (Wildman–Crippen MR) is 146 cm³/mol. The number of rotatable bonds is 12. The highest BCUT2D eigenvalue weighted by Crippen LogP contribution is 2.46. The smallest absolute Gasteiger partial charge is 0.459 e. The average molecular weight is 581 g/mol. The third-order valence-corrected chi connectivity index (χ3v) is 6.70. The number of benzene rings is 1. The van der Waals surface area contributed by atoms with Crippen LogP contribution in [0.25, 0.3) is 0 Å². The molecule has 1 aromatic carbocycles. The molecule has 0 fully saturated rings. The summed E-state index contributed by atoms with van der Waals surface area (Å²) in [6, 6.07) is 7.22. The molecule has 0 radical (unpaired) electrons. The van der Waals surface area contributed by atoms with Crippen molar-refractivity contribution in [2.75, 3.05) is 28.2 Å². The Morgan fingerprint density at radius 3 is 2.17 bits per heavy atom. The molecule has 2 rings (SSSR count). The summed E-state index contributed by atoms with van der Waals surface area (Å²) in [7, 11) is 1.85. The minimum atomic E-state index is -4.21. The number of aromatic nitrogens is 1. The van der Waals surface area contributed by atoms with Gasteiger partial charge in [-0.25, -0.2) is 14.2 Å². The van der Waals surface area contributed by atoms with Crippen molar-refractivity contribution in [1.29, 1.82) is 0 Å². The first-order valence-corrected chi connectivity index (χ1v) is 13.9. The second kappa shape index (κ2) is 14.6. The first-order chi connectivity index (χ1) is 18.7. The maximum atomic E-state index is 13.9. The summed E-state index contributed by atoms with van der Waals surface area (Å²) < 4.78 is 41.4. The molecular formula is C26H37N4O9P. The molecule has 0 aliphatic rings. The molecule has 1 heterocycles. The van der Waals surface area contributed by atoms with E-state index in [2.05, 4.69) is 10.1 Å². The van der Waals surface area contributed by atoms with E-state index in [0.717, 1.165) is 0 Å². The van der Waals surface area contributed by atoms with Crippen molar-refractivity contribution in [2.45, 2.75) is 53.1 Å². The van der Waals surface area contributed by atoms with Crippen LogP contribution in [-0.2, 0) is 36.6 Å². The van der Waals surface area contributed by atoms with Gasteiger partial charge in [0, 0.05) is 45.5 Å². The van der Waals surface area contributed by atoms with Crippen molar-refractivity contribution < 1.29 is 42.2 Å². The van der Waals surface area contributed by atoms with Gasteiger partial charge in [0.1, 0.15) is 18.4 Å². The van der Waals surface area contributed by atoms with E-state index >= 15 is 0 Å². The van der Waals surface area contributed by atoms with Crippen LogP contribution in [-0.4, -0.2) is 73.3 Å². The normalized spacial score (nSPS) is 13.1. The highest BCUT2D eigenvalue weighted by molar-refractivity contribution is 7.52. The third kappa shape index (κ3) is 9.82. The lowest BCUT2D eigenvalue weighted by molar-refractivity contribution is -0.149. The van der Waals surface area contributed by atoms with E-state index in [4.69, 9.17) is 23.3 Å². The fourth-order valence-corrected chi connectivity index (χ4v) is 4.49. The number of hydrogen-bond donors (Lipinski definition) is 1. The second-order valence-corrected chi connectivity index (χ2v) is 11.1. The Morgan fingerprint density at radius 1 is 0.975 bits per heavy atom. The van der Waals surface area contributed by atoms with Crippen LogP contribution in [0.2, 0.25) is 0 Å². The van der Waals surface area contributed by atoms with Crippen LogP contribution in [0.1, 0.15) is 37.6 Å². The van der Waals surface area contributed by atoms with Gasteiger partial charge in [0.25, 0.3) is 0 Å². The average Bonchev–Trinajstić information content (AvgIpc) is 2.87. The lowest BCUT2D eigenvalue weighted by Crippen LogP contribution is -2.36. The molecule has 2 amide bonds. The first kappa shape index (κ1) is 32.5. The quantitative estimate of drug-likeness (QED) is 0.283. The number of hydrogen-bond acceptors (Lipinski definition) is 10. The number of nitrogens with zero attached hydrogens (tertiary/aromatic N) is 3. The Kier molecular flexibility index (Phi) is 11.9. The van der Waals surface area contributed by atoms with Crippen molar-refractivity contribution in [2.24, 2.45) is 0 Å². The molecule has 0 saturated heterocycles. The van der Waals surface area contributed by atoms with Crippen LogP contribution in [0, 0.1) is 6.92 Å². The minimum Gasteiger partial charge on any atom is -0.462 e. The largest absolute Gasteiger partial charge is 0.462 e. The SMILES string of the molecule is Cc1ncc(COP(=O)(N[C@@H](C)C(=O)OC(C)C)Oc2ccccc2)c(COC(=O)N(C)C)c1OC(=O)N(C)C. The van der Waals surface area contributed by atoms with Gasteiger partial charge in [0.05, 0.1) is 18.4 Å². The Labute approximate surface area is 234 Å². The molecule has 0 aliphatic heterocycles. The molecule has 14 heteroatoms. The lowest BCUT2D eigenvalue weighted by Gasteiger charge is -2.24. The van der Waals surface area contributed by atoms with Crippen LogP contribution < -0.4 is 14.3 Å². The summed E-state index contributed by atoms with van der Waals surface area (Å²) in [5.74, 6) is -0.362. The second-order valence-electron chi connectivity index (χ2n) is 9.40. The van der Waals surface area contributed by atoms with Crippen molar-refractivity contribution in [3.8, 4) is 11.5 Å². The van der Waals surface area contributed by atoms with Crippen molar-refractivity contribution >= 4 is 25.9 Å². The molecule has 1 N–H and O–H groups in total. The van der Waals surface area contributed by atoms with Gasteiger partial charge in [0.2, 0.25) is 0 Å². The van der Waals surface area contributed by atoms with Crippen molar-refractivity contribution in [3.05, 3.63) is 53.3 Å². The lowest BCUT2D eigenvalue weighted by atomic mass is 10.1. The van der Waals surface area contributed by atoms with Crippen molar-refractivity contribution in [3.63, 3.8) is 0 Å². The Balaban J connectivity index is 2.43. The molecule has 13 nitrogen and oxygen atoms in total. The molecule has 0 spiro atoms. The van der Waals surface area contributed by atoms with Gasteiger partial charge in [-0.1, -0.05) is 18.2 Å². The highest BCUT2D eigenvalue weighted by atomic mass is 31.2. The molecule has 0 aliphatic carbocycles. The number of ether oxygens (including phenoxy) is 3. The zero-order valence-corrected chi connectivity index (χ0v) is 24.9. The number of nitrogens with one attached hydrogen (secondary N) is 1. The third-order valence-electron chi connectivity index (χ3n) is 5.08. The maximum Gasteiger partial charge on any atom is 0.459 e. The van der Waals surface area contributed by atoms with Gasteiger partial charge in [0.15, 0.2) is 5.75 Å². The number of carbonyl (C=O) groups excluding carboxylic acids is 3. The molecule has 40 heavy (non-hydrogen) atoms. The van der Waals surface area contributed by atoms with E-state index in [1.165, 1.54) is 51.1 Å². The summed E-state index contributed by atoms with van der Waals surface area (Å²) in [6.07, 6.45) is -0.282. The fourth-order valence-electron chi connectivity index (χ4n) is 3.02. The molecule has 1 unspecified atom stereocenters. The number of carbonyl (C=O) groups is 3. The summed E-state index contributed by atoms with van der Waals surface area (Å²) in [6.45, 7) is 5.79. The molecule has 0 saturated carbocycles. The van der Waals surface area contributed by atoms with E-state index in [-0.39, 0.29) is 36.4 Å². The van der Waals surface area contributed by atoms with E-state index in [1.54, 1.807) is 51.1 Å². The van der Waals surface area contributed by atoms with Gasteiger partial charge in [-0.2, -0.15) is 5.09 Å². The fraction of sp³-hybridized carbons (Fsp3) is 0.462. The Bertz CT molecular complexity index is 1220. The van der Waals surface area contributed by atoms with Gasteiger partial charge in [-0.15, -0.1) is 0 Å². The van der Waals surface area contributed by atoms with Crippen LogP contribution in [0.5, 0.6) is 11.5 Å². The van der Waals surface area contributed by atoms with Gasteiger partial charge in [-0.05, 0) is 39.8 Å².